The summed E-state index contributed by atoms with van der Waals surface area (Å²) in [4.78, 5) is 3.84. The largest absolute Gasteiger partial charge is 0.369 e. The minimum absolute atomic E-state index is 0.296. The highest BCUT2D eigenvalue weighted by atomic mass is 15.4. The summed E-state index contributed by atoms with van der Waals surface area (Å²) >= 11 is 0. The van der Waals surface area contributed by atoms with Crippen molar-refractivity contribution in [3.8, 4) is 0 Å². The minimum Gasteiger partial charge on any atom is -0.369 e. The molecule has 0 atom stereocenters. The predicted octanol–water partition coefficient (Wildman–Crippen LogP) is 3.25. The molecule has 3 rings (SSSR count). The SMILES string of the molecule is CN=C(N)N/N=C(\C)c1cc2ccccc2c2ccccc12. The summed E-state index contributed by atoms with van der Waals surface area (Å²) < 4.78 is 0. The summed E-state index contributed by atoms with van der Waals surface area (Å²) in [5, 5.41) is 9.18. The standard InChI is InChI=1S/C18H18N4/c1-12(21-22-18(19)20-2)17-11-13-7-3-4-8-14(13)15-9-5-6-10-16(15)17/h3-11H,1-2H3,(H3,19,20,22)/b21-12+. The van der Waals surface area contributed by atoms with Gasteiger partial charge in [-0.25, -0.2) is 5.43 Å². The van der Waals surface area contributed by atoms with Crippen LogP contribution in [0.3, 0.4) is 0 Å². The predicted molar refractivity (Wildman–Crippen MR) is 94.3 cm³/mol. The van der Waals surface area contributed by atoms with Crippen molar-refractivity contribution in [3.63, 3.8) is 0 Å². The van der Waals surface area contributed by atoms with Gasteiger partial charge in [0.15, 0.2) is 0 Å². The van der Waals surface area contributed by atoms with E-state index in [0.29, 0.717) is 5.96 Å². The number of nitrogens with one attached hydrogen (secondary N) is 1. The Bertz CT molecular complexity index is 894. The summed E-state index contributed by atoms with van der Waals surface area (Å²) in [6.07, 6.45) is 0. The molecular formula is C18H18N4. The monoisotopic (exact) mass is 290 g/mol. The van der Waals surface area contributed by atoms with Gasteiger partial charge in [0.05, 0.1) is 5.71 Å². The molecular weight excluding hydrogens is 272 g/mol. The first kappa shape index (κ1) is 14.1. The molecule has 0 heterocycles. The van der Waals surface area contributed by atoms with Gasteiger partial charge in [-0.2, -0.15) is 5.10 Å². The zero-order valence-electron chi connectivity index (χ0n) is 12.7. The Hall–Kier alpha value is -2.88. The highest BCUT2D eigenvalue weighted by molar-refractivity contribution is 6.18. The third-order valence-electron chi connectivity index (χ3n) is 3.74. The van der Waals surface area contributed by atoms with Crippen LogP contribution in [0.2, 0.25) is 0 Å². The summed E-state index contributed by atoms with van der Waals surface area (Å²) in [6, 6.07) is 18.9. The van der Waals surface area contributed by atoms with Crippen LogP contribution in [-0.4, -0.2) is 18.7 Å². The van der Waals surface area contributed by atoms with E-state index in [1.807, 2.05) is 19.1 Å². The van der Waals surface area contributed by atoms with E-state index < -0.39 is 0 Å². The van der Waals surface area contributed by atoms with Gasteiger partial charge in [-0.3, -0.25) is 4.99 Å². The average molecular weight is 290 g/mol. The number of nitrogens with zero attached hydrogens (tertiary/aromatic N) is 2. The topological polar surface area (TPSA) is 62.8 Å². The van der Waals surface area contributed by atoms with E-state index >= 15 is 0 Å². The van der Waals surface area contributed by atoms with Crippen LogP contribution in [0.25, 0.3) is 21.5 Å². The molecule has 0 spiro atoms. The zero-order chi connectivity index (χ0) is 15.5. The second-order valence-corrected chi connectivity index (χ2v) is 5.11. The van der Waals surface area contributed by atoms with Gasteiger partial charge in [0.25, 0.3) is 0 Å². The summed E-state index contributed by atoms with van der Waals surface area (Å²) in [5.74, 6) is 0.296. The highest BCUT2D eigenvalue weighted by Crippen LogP contribution is 2.28. The van der Waals surface area contributed by atoms with Crippen LogP contribution in [0, 0.1) is 0 Å². The van der Waals surface area contributed by atoms with E-state index in [9.17, 15) is 0 Å². The van der Waals surface area contributed by atoms with E-state index in [-0.39, 0.29) is 0 Å². The van der Waals surface area contributed by atoms with E-state index in [0.717, 1.165) is 11.3 Å². The van der Waals surface area contributed by atoms with Crippen molar-refractivity contribution in [2.24, 2.45) is 15.8 Å². The first-order valence-electron chi connectivity index (χ1n) is 7.14. The maximum atomic E-state index is 5.63. The van der Waals surface area contributed by atoms with E-state index in [1.54, 1.807) is 7.05 Å². The Labute approximate surface area is 129 Å². The number of rotatable bonds is 2. The van der Waals surface area contributed by atoms with Gasteiger partial charge in [-0.05, 0) is 34.5 Å². The molecule has 0 aliphatic heterocycles. The van der Waals surface area contributed by atoms with Crippen LogP contribution < -0.4 is 11.2 Å². The van der Waals surface area contributed by atoms with Crippen molar-refractivity contribution in [2.75, 3.05) is 7.05 Å². The maximum absolute atomic E-state index is 5.63. The van der Waals surface area contributed by atoms with Gasteiger partial charge in [0.1, 0.15) is 0 Å². The number of aliphatic imine (C=N–C) groups is 1. The van der Waals surface area contributed by atoms with Crippen LogP contribution in [0.1, 0.15) is 12.5 Å². The number of hydrogen-bond donors (Lipinski definition) is 2. The Kier molecular flexibility index (Phi) is 3.74. The smallest absolute Gasteiger partial charge is 0.209 e. The minimum atomic E-state index is 0.296. The lowest BCUT2D eigenvalue weighted by Gasteiger charge is -2.10. The molecule has 4 nitrogen and oxygen atoms in total. The Morgan fingerprint density at radius 1 is 0.955 bits per heavy atom. The molecule has 110 valence electrons. The molecule has 3 N–H and O–H groups in total. The van der Waals surface area contributed by atoms with Crippen LogP contribution in [0.15, 0.2) is 64.7 Å². The van der Waals surface area contributed by atoms with Crippen molar-refractivity contribution >= 4 is 33.2 Å². The van der Waals surface area contributed by atoms with Crippen LogP contribution >= 0.6 is 0 Å². The molecule has 4 heteroatoms. The van der Waals surface area contributed by atoms with E-state index in [1.165, 1.54) is 21.5 Å². The molecule has 0 aliphatic carbocycles. The van der Waals surface area contributed by atoms with Crippen LogP contribution in [-0.2, 0) is 0 Å². The Morgan fingerprint density at radius 2 is 1.59 bits per heavy atom. The van der Waals surface area contributed by atoms with Gasteiger partial charge in [0.2, 0.25) is 5.96 Å². The van der Waals surface area contributed by atoms with Crippen molar-refractivity contribution in [2.45, 2.75) is 6.92 Å². The summed E-state index contributed by atoms with van der Waals surface area (Å²) in [5.41, 5.74) is 10.4. The molecule has 3 aromatic carbocycles. The Morgan fingerprint density at radius 3 is 2.32 bits per heavy atom. The van der Waals surface area contributed by atoms with Crippen molar-refractivity contribution < 1.29 is 0 Å². The molecule has 0 saturated heterocycles. The third-order valence-corrected chi connectivity index (χ3v) is 3.74. The lowest BCUT2D eigenvalue weighted by molar-refractivity contribution is 0.998. The molecule has 0 amide bonds. The number of hydrogen-bond acceptors (Lipinski definition) is 2. The highest BCUT2D eigenvalue weighted by Gasteiger charge is 2.08. The molecule has 0 fully saturated rings. The lowest BCUT2D eigenvalue weighted by Crippen LogP contribution is -2.27. The molecule has 0 unspecified atom stereocenters. The average Bonchev–Trinajstić information content (AvgIpc) is 2.58. The number of benzene rings is 3. The molecule has 0 aliphatic rings. The molecule has 0 radical (unpaired) electrons. The summed E-state index contributed by atoms with van der Waals surface area (Å²) in [7, 11) is 1.62. The van der Waals surface area contributed by atoms with Gasteiger partial charge < -0.3 is 5.73 Å². The van der Waals surface area contributed by atoms with Crippen LogP contribution in [0.4, 0.5) is 0 Å². The number of fused-ring (bicyclic) bond motifs is 3. The van der Waals surface area contributed by atoms with Crippen molar-refractivity contribution in [1.82, 2.24) is 5.43 Å². The molecule has 0 bridgehead atoms. The fourth-order valence-corrected chi connectivity index (χ4v) is 2.60. The normalized spacial score (nSPS) is 12.8. The van der Waals surface area contributed by atoms with E-state index in [4.69, 9.17) is 5.73 Å². The number of guanidine groups is 1. The summed E-state index contributed by atoms with van der Waals surface area (Å²) in [6.45, 7) is 1.96. The van der Waals surface area contributed by atoms with Crippen molar-refractivity contribution in [1.29, 1.82) is 0 Å². The lowest BCUT2D eigenvalue weighted by atomic mass is 9.95. The fraction of sp³-hybridized carbons (Fsp3) is 0.111. The van der Waals surface area contributed by atoms with E-state index in [2.05, 4.69) is 58.0 Å². The molecule has 22 heavy (non-hydrogen) atoms. The third kappa shape index (κ3) is 2.51. The van der Waals surface area contributed by atoms with Gasteiger partial charge in [-0.15, -0.1) is 0 Å². The first-order chi connectivity index (χ1) is 10.7. The molecule has 0 aromatic heterocycles. The maximum Gasteiger partial charge on any atom is 0.209 e. The van der Waals surface area contributed by atoms with Crippen molar-refractivity contribution in [3.05, 3.63) is 60.2 Å². The number of hydrazone groups is 1. The quantitative estimate of drug-likeness (QED) is 0.329. The van der Waals surface area contributed by atoms with Gasteiger partial charge in [0, 0.05) is 12.6 Å². The second kappa shape index (κ2) is 5.85. The van der Waals surface area contributed by atoms with Gasteiger partial charge in [-0.1, -0.05) is 48.5 Å². The zero-order valence-corrected chi connectivity index (χ0v) is 12.7. The first-order valence-corrected chi connectivity index (χ1v) is 7.14. The van der Waals surface area contributed by atoms with Crippen LogP contribution in [0.5, 0.6) is 0 Å². The molecule has 3 aromatic rings. The number of nitrogens with two attached hydrogens (primary N) is 1. The second-order valence-electron chi connectivity index (χ2n) is 5.11. The molecule has 0 saturated carbocycles. The Balaban J connectivity index is 2.23. The van der Waals surface area contributed by atoms with Gasteiger partial charge >= 0.3 is 0 Å². The fourth-order valence-electron chi connectivity index (χ4n) is 2.60.